The quantitative estimate of drug-likeness (QED) is 0.192. The maximum absolute atomic E-state index is 12.1. The molecule has 1 aliphatic heterocycles. The molecule has 3 unspecified atom stereocenters. The number of nitrogens with two attached hydrogens (primary N) is 1. The SMILES string of the molecule is CC(C)C.CC(NC(=O)[C@@H]1C(C)[C@@H](C)CN1C)C(=O)C(N)=O.CCC(C)C.CN(CC1CC1)C(=O)CNC(=O)NC(C=O)C(C)(C)C. The van der Waals surface area contributed by atoms with Crippen molar-refractivity contribution >= 4 is 35.8 Å². The van der Waals surface area contributed by atoms with Crippen LogP contribution in [-0.4, -0.2) is 97.5 Å². The van der Waals surface area contributed by atoms with Gasteiger partial charge < -0.3 is 31.4 Å². The number of amides is 5. The minimum Gasteiger partial charge on any atom is -0.363 e. The molecule has 47 heavy (non-hydrogen) atoms. The number of carbonyl (C=O) groups excluding carboxylic acids is 6. The fourth-order valence-electron chi connectivity index (χ4n) is 4.19. The molecule has 5 N–H and O–H groups in total. The molecule has 0 radical (unpaired) electrons. The lowest BCUT2D eigenvalue weighted by atomic mass is 9.88. The van der Waals surface area contributed by atoms with Gasteiger partial charge in [-0.1, -0.05) is 82.6 Å². The number of aldehydes is 1. The molecule has 2 rings (SSSR count). The van der Waals surface area contributed by atoms with Crippen molar-refractivity contribution in [3.05, 3.63) is 0 Å². The normalized spacial score (nSPS) is 20.1. The van der Waals surface area contributed by atoms with Crippen molar-refractivity contribution in [2.75, 3.05) is 33.7 Å². The number of carbonyl (C=O) groups is 6. The molecule has 1 aliphatic carbocycles. The number of hydrogen-bond donors (Lipinski definition) is 4. The van der Waals surface area contributed by atoms with Gasteiger partial charge in [-0.2, -0.15) is 0 Å². The molecule has 12 heteroatoms. The first-order valence-corrected chi connectivity index (χ1v) is 17.1. The summed E-state index contributed by atoms with van der Waals surface area (Å²) in [4.78, 5) is 72.1. The standard InChI is InChI=1S/C14H25N3O3.C12H21N3O3.C5H12.C4H10/c1-14(2,3)11(9-18)16-13(20)15-7-12(19)17(4)8-10-5-6-10;1-6-5-15(4)9(7(6)2)12(18)14-8(3)10(16)11(13)17;1-4-5(2)3;1-4(2)3/h9-11H,5-8H2,1-4H3,(H2,15,16,20);6-9H,5H2,1-4H3,(H2,13,17)(H,14,18);5H,4H2,1-3H3;4H,1-3H3/t;6-,7?,8?,9-;;/m.0../s1. The van der Waals surface area contributed by atoms with E-state index < -0.39 is 29.8 Å². The second-order valence-corrected chi connectivity index (χ2v) is 15.2. The number of ketones is 1. The van der Waals surface area contributed by atoms with Crippen molar-refractivity contribution in [2.24, 2.45) is 40.7 Å². The molecule has 1 heterocycles. The monoisotopic (exact) mass is 669 g/mol. The van der Waals surface area contributed by atoms with E-state index in [1.54, 1.807) is 11.9 Å². The van der Waals surface area contributed by atoms with Crippen LogP contribution in [-0.2, 0) is 24.0 Å². The Labute approximate surface area is 285 Å². The average Bonchev–Trinajstić information content (AvgIpc) is 3.72. The van der Waals surface area contributed by atoms with Gasteiger partial charge in [-0.15, -0.1) is 0 Å². The molecule has 12 nitrogen and oxygen atoms in total. The molecular formula is C35H68N6O6. The van der Waals surface area contributed by atoms with Gasteiger partial charge in [0.25, 0.3) is 5.91 Å². The first-order valence-electron chi connectivity index (χ1n) is 17.1. The predicted molar refractivity (Wildman–Crippen MR) is 188 cm³/mol. The van der Waals surface area contributed by atoms with Gasteiger partial charge in [0.1, 0.15) is 6.29 Å². The molecule has 1 saturated heterocycles. The van der Waals surface area contributed by atoms with Crippen molar-refractivity contribution in [3.8, 4) is 0 Å². The molecule has 1 saturated carbocycles. The minimum absolute atomic E-state index is 0.0508. The van der Waals surface area contributed by atoms with Crippen LogP contribution in [0.15, 0.2) is 0 Å². The van der Waals surface area contributed by atoms with Crippen molar-refractivity contribution in [2.45, 2.75) is 120 Å². The van der Waals surface area contributed by atoms with Gasteiger partial charge in [0, 0.05) is 20.1 Å². The van der Waals surface area contributed by atoms with Crippen molar-refractivity contribution < 1.29 is 28.8 Å². The summed E-state index contributed by atoms with van der Waals surface area (Å²) in [6.45, 7) is 25.8. The third-order valence-electron chi connectivity index (χ3n) is 7.94. The van der Waals surface area contributed by atoms with Crippen LogP contribution in [0.5, 0.6) is 0 Å². The van der Waals surface area contributed by atoms with Crippen LogP contribution in [0.25, 0.3) is 0 Å². The van der Waals surface area contributed by atoms with Gasteiger partial charge in [-0.3, -0.25) is 24.1 Å². The van der Waals surface area contributed by atoms with Crippen LogP contribution in [0.4, 0.5) is 4.79 Å². The number of nitrogens with zero attached hydrogens (tertiary/aromatic N) is 2. The summed E-state index contributed by atoms with van der Waals surface area (Å²) in [5.41, 5.74) is 4.54. The molecule has 274 valence electrons. The highest BCUT2D eigenvalue weighted by molar-refractivity contribution is 6.37. The second-order valence-electron chi connectivity index (χ2n) is 15.2. The van der Waals surface area contributed by atoms with Crippen LogP contribution in [0, 0.1) is 35.0 Å². The molecule has 0 bridgehead atoms. The van der Waals surface area contributed by atoms with E-state index in [0.717, 1.165) is 24.9 Å². The number of likely N-dealkylation sites (tertiary alicyclic amines) is 1. The van der Waals surface area contributed by atoms with E-state index in [0.29, 0.717) is 18.1 Å². The summed E-state index contributed by atoms with van der Waals surface area (Å²) in [6, 6.07) is -2.21. The molecule has 0 aromatic rings. The van der Waals surface area contributed by atoms with Crippen LogP contribution in [0.3, 0.4) is 0 Å². The molecule has 5 amide bonds. The number of nitrogens with one attached hydrogen (secondary N) is 3. The van der Waals surface area contributed by atoms with E-state index in [1.165, 1.54) is 26.2 Å². The third kappa shape index (κ3) is 20.7. The topological polar surface area (TPSA) is 171 Å². The smallest absolute Gasteiger partial charge is 0.315 e. The van der Waals surface area contributed by atoms with Crippen molar-refractivity contribution in [1.82, 2.24) is 25.8 Å². The number of rotatable bonds is 11. The highest BCUT2D eigenvalue weighted by Crippen LogP contribution is 2.29. The number of primary amides is 1. The zero-order chi connectivity index (χ0) is 37.2. The van der Waals surface area contributed by atoms with Gasteiger partial charge in [0.05, 0.1) is 24.7 Å². The molecular weight excluding hydrogens is 600 g/mol. The van der Waals surface area contributed by atoms with Gasteiger partial charge in [-0.25, -0.2) is 4.79 Å². The maximum Gasteiger partial charge on any atom is 0.315 e. The lowest BCUT2D eigenvalue weighted by molar-refractivity contribution is -0.138. The molecule has 0 aromatic heterocycles. The Morgan fingerprint density at radius 1 is 0.979 bits per heavy atom. The van der Waals surface area contributed by atoms with E-state index in [-0.39, 0.29) is 35.7 Å². The van der Waals surface area contributed by atoms with Crippen LogP contribution >= 0.6 is 0 Å². The molecule has 0 spiro atoms. The van der Waals surface area contributed by atoms with Crippen LogP contribution in [0.2, 0.25) is 0 Å². The van der Waals surface area contributed by atoms with Gasteiger partial charge in [0.15, 0.2) is 0 Å². The van der Waals surface area contributed by atoms with Crippen molar-refractivity contribution in [1.29, 1.82) is 0 Å². The molecule has 2 fully saturated rings. The first kappa shape index (κ1) is 46.1. The Hall–Kier alpha value is -3.02. The minimum atomic E-state index is -1.02. The number of hydrogen-bond acceptors (Lipinski definition) is 7. The summed E-state index contributed by atoms with van der Waals surface area (Å²) in [5.74, 6) is 0.836. The summed E-state index contributed by atoms with van der Waals surface area (Å²) >= 11 is 0. The van der Waals surface area contributed by atoms with E-state index in [2.05, 4.69) is 64.4 Å². The van der Waals surface area contributed by atoms with Gasteiger partial charge >= 0.3 is 6.03 Å². The number of urea groups is 1. The van der Waals surface area contributed by atoms with Crippen LogP contribution in [0.1, 0.15) is 102 Å². The summed E-state index contributed by atoms with van der Waals surface area (Å²) in [6.07, 6.45) is 4.37. The lowest BCUT2D eigenvalue weighted by Gasteiger charge is -2.26. The summed E-state index contributed by atoms with van der Waals surface area (Å²) < 4.78 is 0. The largest absolute Gasteiger partial charge is 0.363 e. The Balaban J connectivity index is 0. The zero-order valence-electron chi connectivity index (χ0n) is 31.9. The average molecular weight is 669 g/mol. The fourth-order valence-corrected chi connectivity index (χ4v) is 4.19. The molecule has 0 aromatic carbocycles. The number of likely N-dealkylation sites (N-methyl/N-ethyl adjacent to an activating group) is 2. The van der Waals surface area contributed by atoms with E-state index in [1.807, 2.05) is 39.6 Å². The molecule has 5 atom stereocenters. The summed E-state index contributed by atoms with van der Waals surface area (Å²) in [5, 5.41) is 7.61. The Bertz CT molecular complexity index is 989. The fraction of sp³-hybridized carbons (Fsp3) is 0.829. The van der Waals surface area contributed by atoms with Crippen LogP contribution < -0.4 is 21.7 Å². The Kier molecular flexibility index (Phi) is 22.1. The lowest BCUT2D eigenvalue weighted by Crippen LogP contribution is -2.51. The second kappa shape index (κ2) is 22.5. The van der Waals surface area contributed by atoms with Gasteiger partial charge in [0.2, 0.25) is 17.6 Å². The van der Waals surface area contributed by atoms with E-state index >= 15 is 0 Å². The molecule has 2 aliphatic rings. The highest BCUT2D eigenvalue weighted by atomic mass is 16.2. The number of Topliss-reactive ketones (excluding diaryl/α,β-unsaturated/α-hetero) is 1. The highest BCUT2D eigenvalue weighted by Gasteiger charge is 2.40. The zero-order valence-corrected chi connectivity index (χ0v) is 31.9. The predicted octanol–water partition coefficient (Wildman–Crippen LogP) is 3.61. The third-order valence-corrected chi connectivity index (χ3v) is 7.94. The van der Waals surface area contributed by atoms with E-state index in [4.69, 9.17) is 5.73 Å². The Morgan fingerprint density at radius 3 is 1.81 bits per heavy atom. The maximum atomic E-state index is 12.1. The Morgan fingerprint density at radius 2 is 1.47 bits per heavy atom. The van der Waals surface area contributed by atoms with Gasteiger partial charge in [-0.05, 0) is 61.8 Å². The van der Waals surface area contributed by atoms with E-state index in [9.17, 15) is 28.8 Å². The summed E-state index contributed by atoms with van der Waals surface area (Å²) in [7, 11) is 3.62. The first-order chi connectivity index (χ1) is 21.5. The van der Waals surface area contributed by atoms with Crippen molar-refractivity contribution in [3.63, 3.8) is 0 Å².